The zero-order chi connectivity index (χ0) is 30.4. The number of rotatable bonds is 12. The third-order valence-electron chi connectivity index (χ3n) is 6.84. The normalized spacial score (nSPS) is 16.7. The average molecular weight is 587 g/mol. The van der Waals surface area contributed by atoms with Gasteiger partial charge in [0.2, 0.25) is 5.92 Å². The van der Waals surface area contributed by atoms with E-state index in [1.165, 1.54) is 4.88 Å². The molecule has 226 valence electrons. The van der Waals surface area contributed by atoms with E-state index in [9.17, 15) is 9.59 Å². The summed E-state index contributed by atoms with van der Waals surface area (Å²) in [5.74, 6) is -2.69. The van der Waals surface area contributed by atoms with Crippen LogP contribution < -0.4 is 9.47 Å². The standard InChI is InChI=1S/C32H46N2O6S/c1-10-11-12-13-21(2)34(20-24-16-15-23(41-24)19-31(3,4)5)28(27-29(35)39-32(6,7)40-30(27)36)33-25-17-14-22(37-8)18-26(25)38-9/h14-18,21,27H,10-13,19-20H2,1-9H3. The second-order valence-electron chi connectivity index (χ2n) is 12.3. The number of hydrogen-bond donors (Lipinski definition) is 0. The predicted octanol–water partition coefficient (Wildman–Crippen LogP) is 7.31. The number of unbranched alkanes of at least 4 members (excludes halogenated alkanes) is 2. The van der Waals surface area contributed by atoms with Gasteiger partial charge in [-0.25, -0.2) is 4.99 Å². The van der Waals surface area contributed by atoms with Crippen molar-refractivity contribution in [1.82, 2.24) is 4.90 Å². The van der Waals surface area contributed by atoms with Gasteiger partial charge in [0, 0.05) is 35.7 Å². The zero-order valence-corrected chi connectivity index (χ0v) is 26.9. The number of hydrogen-bond acceptors (Lipinski definition) is 8. The van der Waals surface area contributed by atoms with Crippen molar-refractivity contribution in [2.45, 2.75) is 98.9 Å². The molecule has 1 unspecified atom stereocenters. The Bertz CT molecular complexity index is 1210. The lowest BCUT2D eigenvalue weighted by molar-refractivity contribution is -0.236. The molecule has 1 atom stereocenters. The van der Waals surface area contributed by atoms with Crippen molar-refractivity contribution in [2.75, 3.05) is 14.2 Å². The third kappa shape index (κ3) is 8.96. The third-order valence-corrected chi connectivity index (χ3v) is 7.91. The minimum Gasteiger partial charge on any atom is -0.497 e. The molecule has 0 spiro atoms. The van der Waals surface area contributed by atoms with Gasteiger partial charge in [0.1, 0.15) is 23.0 Å². The number of esters is 2. The molecule has 1 fully saturated rings. The predicted molar refractivity (Wildman–Crippen MR) is 163 cm³/mol. The van der Waals surface area contributed by atoms with Crippen molar-refractivity contribution in [2.24, 2.45) is 16.3 Å². The Hall–Kier alpha value is -3.07. The number of carbonyl (C=O) groups is 2. The second-order valence-corrected chi connectivity index (χ2v) is 13.5. The van der Waals surface area contributed by atoms with Crippen LogP contribution in [0.15, 0.2) is 35.3 Å². The van der Waals surface area contributed by atoms with Crippen LogP contribution in [0.3, 0.4) is 0 Å². The Morgan fingerprint density at radius 3 is 2.29 bits per heavy atom. The van der Waals surface area contributed by atoms with Crippen molar-refractivity contribution < 1.29 is 28.5 Å². The number of carbonyl (C=O) groups excluding carboxylic acids is 2. The maximum Gasteiger partial charge on any atom is 0.331 e. The Balaban J connectivity index is 2.14. The summed E-state index contributed by atoms with van der Waals surface area (Å²) in [5.41, 5.74) is 0.633. The molecule has 2 heterocycles. The first-order valence-electron chi connectivity index (χ1n) is 14.4. The first-order chi connectivity index (χ1) is 19.3. The van der Waals surface area contributed by atoms with Crippen LogP contribution in [0.25, 0.3) is 0 Å². The maximum absolute atomic E-state index is 13.4. The Kier molecular flexibility index (Phi) is 10.9. The van der Waals surface area contributed by atoms with Crippen molar-refractivity contribution in [1.29, 1.82) is 0 Å². The fraction of sp³-hybridized carbons (Fsp3) is 0.594. The summed E-state index contributed by atoms with van der Waals surface area (Å²) in [5, 5.41) is 0. The first kappa shape index (κ1) is 32.4. The van der Waals surface area contributed by atoms with E-state index >= 15 is 0 Å². The fourth-order valence-corrected chi connectivity index (χ4v) is 6.14. The lowest BCUT2D eigenvalue weighted by atomic mass is 9.92. The van der Waals surface area contributed by atoms with Crippen LogP contribution in [0.1, 0.15) is 83.9 Å². The monoisotopic (exact) mass is 586 g/mol. The van der Waals surface area contributed by atoms with Gasteiger partial charge >= 0.3 is 11.9 Å². The van der Waals surface area contributed by atoms with E-state index < -0.39 is 23.6 Å². The number of ether oxygens (including phenoxy) is 4. The average Bonchev–Trinajstić information content (AvgIpc) is 3.30. The summed E-state index contributed by atoms with van der Waals surface area (Å²) in [6, 6.07) is 9.53. The lowest BCUT2D eigenvalue weighted by Crippen LogP contribution is -2.54. The zero-order valence-electron chi connectivity index (χ0n) is 26.0. The van der Waals surface area contributed by atoms with Gasteiger partial charge in [-0.15, -0.1) is 11.3 Å². The molecule has 1 aromatic heterocycles. The van der Waals surface area contributed by atoms with Gasteiger partial charge in [0.05, 0.1) is 20.8 Å². The summed E-state index contributed by atoms with van der Waals surface area (Å²) in [6.07, 6.45) is 5.03. The Morgan fingerprint density at radius 2 is 1.71 bits per heavy atom. The van der Waals surface area contributed by atoms with Gasteiger partial charge in [-0.05, 0) is 49.4 Å². The summed E-state index contributed by atoms with van der Waals surface area (Å²) in [6.45, 7) is 14.6. The molecular weight excluding hydrogens is 540 g/mol. The summed E-state index contributed by atoms with van der Waals surface area (Å²) in [4.78, 5) is 36.3. The van der Waals surface area contributed by atoms with Gasteiger partial charge in [-0.2, -0.15) is 0 Å². The largest absolute Gasteiger partial charge is 0.497 e. The van der Waals surface area contributed by atoms with Crippen LogP contribution in [0.5, 0.6) is 11.5 Å². The van der Waals surface area contributed by atoms with Crippen molar-refractivity contribution in [3.05, 3.63) is 40.1 Å². The maximum atomic E-state index is 13.4. The summed E-state index contributed by atoms with van der Waals surface area (Å²) < 4.78 is 22.1. The Morgan fingerprint density at radius 1 is 1.05 bits per heavy atom. The van der Waals surface area contributed by atoms with E-state index in [1.54, 1.807) is 57.6 Å². The molecule has 1 saturated heterocycles. The van der Waals surface area contributed by atoms with Gasteiger partial charge in [0.25, 0.3) is 5.79 Å². The van der Waals surface area contributed by atoms with E-state index in [-0.39, 0.29) is 17.3 Å². The van der Waals surface area contributed by atoms with Crippen molar-refractivity contribution in [3.63, 3.8) is 0 Å². The molecule has 0 radical (unpaired) electrons. The quantitative estimate of drug-likeness (QED) is 0.0847. The minimum absolute atomic E-state index is 0.0201. The number of amidine groups is 1. The smallest absolute Gasteiger partial charge is 0.331 e. The highest BCUT2D eigenvalue weighted by Gasteiger charge is 2.48. The molecule has 0 saturated carbocycles. The first-order valence-corrected chi connectivity index (χ1v) is 15.2. The number of cyclic esters (lactones) is 2. The van der Waals surface area contributed by atoms with E-state index in [0.29, 0.717) is 23.7 Å². The molecule has 0 N–H and O–H groups in total. The minimum atomic E-state index is -1.35. The molecule has 0 bridgehead atoms. The number of aliphatic imine (C=N–C) groups is 1. The van der Waals surface area contributed by atoms with Gasteiger partial charge in [-0.3, -0.25) is 9.59 Å². The lowest BCUT2D eigenvalue weighted by Gasteiger charge is -2.38. The molecule has 9 heteroatoms. The van der Waals surface area contributed by atoms with E-state index in [1.807, 2.05) is 0 Å². The highest BCUT2D eigenvalue weighted by atomic mass is 32.1. The van der Waals surface area contributed by atoms with Crippen LogP contribution in [0.2, 0.25) is 0 Å². The number of thiophene rings is 1. The molecule has 1 aliphatic heterocycles. The van der Waals surface area contributed by atoms with Gasteiger partial charge in [-0.1, -0.05) is 47.0 Å². The SMILES string of the molecule is CCCCCC(C)N(Cc1ccc(CC(C)(C)C)s1)C(=Nc1ccc(OC)cc1OC)C1C(=O)OC(C)(C)OC1=O. The van der Waals surface area contributed by atoms with Crippen LogP contribution in [-0.2, 0) is 32.0 Å². The molecular formula is C32H46N2O6S. The van der Waals surface area contributed by atoms with Crippen LogP contribution in [0.4, 0.5) is 5.69 Å². The molecule has 3 rings (SSSR count). The molecule has 8 nitrogen and oxygen atoms in total. The van der Waals surface area contributed by atoms with Crippen LogP contribution in [0, 0.1) is 11.3 Å². The number of methoxy groups -OCH3 is 2. The number of nitrogens with zero attached hydrogens (tertiary/aromatic N) is 2. The topological polar surface area (TPSA) is 86.7 Å². The molecule has 0 aliphatic carbocycles. The fourth-order valence-electron chi connectivity index (χ4n) is 4.83. The van der Waals surface area contributed by atoms with Crippen LogP contribution >= 0.6 is 11.3 Å². The second kappa shape index (κ2) is 13.7. The molecule has 1 aromatic carbocycles. The number of benzene rings is 1. The van der Waals surface area contributed by atoms with E-state index in [0.717, 1.165) is 37.0 Å². The van der Waals surface area contributed by atoms with Crippen molar-refractivity contribution >= 4 is 34.8 Å². The highest BCUT2D eigenvalue weighted by Crippen LogP contribution is 2.35. The highest BCUT2D eigenvalue weighted by molar-refractivity contribution is 7.12. The van der Waals surface area contributed by atoms with Crippen molar-refractivity contribution in [3.8, 4) is 11.5 Å². The molecule has 0 amide bonds. The van der Waals surface area contributed by atoms with Gasteiger partial charge in [0.15, 0.2) is 0 Å². The molecule has 1 aliphatic rings. The summed E-state index contributed by atoms with van der Waals surface area (Å²) >= 11 is 1.75. The molecule has 41 heavy (non-hydrogen) atoms. The Labute approximate surface area is 249 Å². The molecule has 2 aromatic rings. The van der Waals surface area contributed by atoms with Crippen LogP contribution in [-0.4, -0.2) is 48.7 Å². The van der Waals surface area contributed by atoms with E-state index in [2.05, 4.69) is 51.7 Å². The summed E-state index contributed by atoms with van der Waals surface area (Å²) in [7, 11) is 3.13. The van der Waals surface area contributed by atoms with Gasteiger partial charge < -0.3 is 23.8 Å². The van der Waals surface area contributed by atoms with E-state index in [4.69, 9.17) is 23.9 Å².